The molecule has 25 heavy (non-hydrogen) atoms. The molecule has 2 rings (SSSR count). The number of hydrogen-bond donors (Lipinski definition) is 0. The van der Waals surface area contributed by atoms with Gasteiger partial charge in [0.05, 0.1) is 0 Å². The highest BCUT2D eigenvalue weighted by Gasteiger charge is 2.59. The molecule has 2 unspecified atom stereocenters. The highest BCUT2D eigenvalue weighted by molar-refractivity contribution is 5.18. The summed E-state index contributed by atoms with van der Waals surface area (Å²) in [6.07, 6.45) is 10.3. The summed E-state index contributed by atoms with van der Waals surface area (Å²) < 4.78 is 0. The molecule has 0 spiro atoms. The van der Waals surface area contributed by atoms with Crippen molar-refractivity contribution in [2.45, 2.75) is 71.6 Å². The molecule has 2 aliphatic carbocycles. The van der Waals surface area contributed by atoms with Crippen LogP contribution in [0.5, 0.6) is 0 Å². The molecule has 1 heteroatoms. The number of likely N-dealkylation sites (N-methyl/N-ethyl adjacent to an activating group) is 1. The van der Waals surface area contributed by atoms with Crippen molar-refractivity contribution in [3.63, 3.8) is 0 Å². The Morgan fingerprint density at radius 3 is 2.56 bits per heavy atom. The second-order valence-corrected chi connectivity index (χ2v) is 8.44. The van der Waals surface area contributed by atoms with Gasteiger partial charge in [-0.25, -0.2) is 0 Å². The Kier molecular flexibility index (Phi) is 7.00. The molecule has 0 aromatic rings. The zero-order valence-corrected chi connectivity index (χ0v) is 16.8. The van der Waals surface area contributed by atoms with E-state index in [9.17, 15) is 0 Å². The van der Waals surface area contributed by atoms with E-state index in [-0.39, 0.29) is 0 Å². The first-order chi connectivity index (χ1) is 11.9. The molecule has 0 radical (unpaired) electrons. The molecule has 0 aromatic carbocycles. The van der Waals surface area contributed by atoms with Crippen LogP contribution in [0, 0.1) is 29.1 Å². The Labute approximate surface area is 156 Å². The molecule has 0 amide bonds. The van der Waals surface area contributed by atoms with Crippen LogP contribution < -0.4 is 0 Å². The Hall–Kier alpha value is -1.42. The zero-order valence-electron chi connectivity index (χ0n) is 16.8. The fourth-order valence-corrected chi connectivity index (χ4v) is 4.51. The topological polar surface area (TPSA) is 3.24 Å². The normalized spacial score (nSPS) is 27.2. The highest BCUT2D eigenvalue weighted by Crippen LogP contribution is 2.65. The van der Waals surface area contributed by atoms with Gasteiger partial charge in [0.25, 0.3) is 0 Å². The van der Waals surface area contributed by atoms with Gasteiger partial charge in [-0.3, -0.25) is 0 Å². The van der Waals surface area contributed by atoms with Crippen LogP contribution in [0.15, 0.2) is 36.6 Å². The number of rotatable bonds is 10. The van der Waals surface area contributed by atoms with E-state index in [1.165, 1.54) is 36.1 Å². The minimum absolute atomic E-state index is 0.522. The van der Waals surface area contributed by atoms with Gasteiger partial charge in [-0.1, -0.05) is 44.7 Å². The van der Waals surface area contributed by atoms with Crippen LogP contribution >= 0.6 is 0 Å². The third-order valence-corrected chi connectivity index (χ3v) is 6.57. The smallest absolute Gasteiger partial charge is 0.0380 e. The van der Waals surface area contributed by atoms with Gasteiger partial charge < -0.3 is 4.90 Å². The van der Waals surface area contributed by atoms with E-state index in [1.54, 1.807) is 0 Å². The molecule has 0 aliphatic heterocycles. The largest absolute Gasteiger partial charge is 0.374 e. The molecule has 0 saturated heterocycles. The maximum atomic E-state index is 4.39. The maximum absolute atomic E-state index is 4.39. The predicted octanol–water partition coefficient (Wildman–Crippen LogP) is 6.34. The van der Waals surface area contributed by atoms with Crippen LogP contribution in [0.3, 0.4) is 0 Å². The third-order valence-electron chi connectivity index (χ3n) is 6.57. The maximum Gasteiger partial charge on any atom is 0.0380 e. The summed E-state index contributed by atoms with van der Waals surface area (Å²) in [6, 6.07) is 0. The standard InChI is InChI=1S/C24H37N/c1-7-19(2)13-12-14-21(4)25(6)18-20(3)17-23-22-15-10-8-9-11-16-24(22,23)5/h22-23H,2-4,7,10-18H2,1,5-6H3/t22?,23-,24?/m0/s1. The molecule has 0 bridgehead atoms. The summed E-state index contributed by atoms with van der Waals surface area (Å²) in [5.41, 5.74) is 4.46. The molecular formula is C24H37N. The van der Waals surface area contributed by atoms with E-state index >= 15 is 0 Å². The van der Waals surface area contributed by atoms with Crippen molar-refractivity contribution in [2.24, 2.45) is 17.3 Å². The van der Waals surface area contributed by atoms with Gasteiger partial charge in [0.15, 0.2) is 0 Å². The van der Waals surface area contributed by atoms with Crippen molar-refractivity contribution in [2.75, 3.05) is 13.6 Å². The van der Waals surface area contributed by atoms with Crippen LogP contribution in [0.4, 0.5) is 0 Å². The van der Waals surface area contributed by atoms with Crippen molar-refractivity contribution in [3.05, 3.63) is 36.6 Å². The Morgan fingerprint density at radius 1 is 1.12 bits per heavy atom. The van der Waals surface area contributed by atoms with E-state index in [4.69, 9.17) is 0 Å². The number of nitrogens with zero attached hydrogens (tertiary/aromatic N) is 1. The van der Waals surface area contributed by atoms with E-state index in [1.807, 2.05) is 0 Å². The average molecular weight is 340 g/mol. The second kappa shape index (κ2) is 8.79. The number of allylic oxidation sites excluding steroid dienone is 2. The molecule has 3 atom stereocenters. The molecule has 1 saturated carbocycles. The number of hydrogen-bond acceptors (Lipinski definition) is 1. The summed E-state index contributed by atoms with van der Waals surface area (Å²) in [5, 5.41) is 0. The van der Waals surface area contributed by atoms with E-state index in [0.717, 1.165) is 56.9 Å². The van der Waals surface area contributed by atoms with E-state index in [0.29, 0.717) is 5.41 Å². The van der Waals surface area contributed by atoms with Crippen molar-refractivity contribution in [1.82, 2.24) is 4.90 Å². The first-order valence-corrected chi connectivity index (χ1v) is 10.1. The Balaban J connectivity index is 1.73. The SMILES string of the molecule is C=C(CC)CCCC(=C)N(C)CC(=C)C[C@H]1C2CCC#CCCC21C. The summed E-state index contributed by atoms with van der Waals surface area (Å²) >= 11 is 0. The lowest BCUT2D eigenvalue weighted by atomic mass is 9.94. The van der Waals surface area contributed by atoms with Gasteiger partial charge in [0.1, 0.15) is 0 Å². The molecule has 2 aliphatic rings. The zero-order chi connectivity index (χ0) is 18.4. The van der Waals surface area contributed by atoms with E-state index in [2.05, 4.69) is 57.4 Å². The van der Waals surface area contributed by atoms with Crippen LogP contribution in [0.25, 0.3) is 0 Å². The Bertz CT molecular complexity index is 573. The third kappa shape index (κ3) is 5.27. The van der Waals surface area contributed by atoms with Gasteiger partial charge in [-0.05, 0) is 62.2 Å². The predicted molar refractivity (Wildman–Crippen MR) is 110 cm³/mol. The van der Waals surface area contributed by atoms with Crippen LogP contribution in [-0.2, 0) is 0 Å². The van der Waals surface area contributed by atoms with Gasteiger partial charge >= 0.3 is 0 Å². The lowest BCUT2D eigenvalue weighted by Crippen LogP contribution is -2.20. The molecular weight excluding hydrogens is 302 g/mol. The lowest BCUT2D eigenvalue weighted by Gasteiger charge is -2.23. The van der Waals surface area contributed by atoms with Crippen LogP contribution in [0.1, 0.15) is 71.6 Å². The van der Waals surface area contributed by atoms with Crippen molar-refractivity contribution >= 4 is 0 Å². The van der Waals surface area contributed by atoms with Crippen molar-refractivity contribution in [1.29, 1.82) is 0 Å². The fourth-order valence-electron chi connectivity index (χ4n) is 4.51. The first kappa shape index (κ1) is 19.9. The number of fused-ring (bicyclic) bond motifs is 1. The van der Waals surface area contributed by atoms with Gasteiger partial charge in [-0.2, -0.15) is 0 Å². The fraction of sp³-hybridized carbons (Fsp3) is 0.667. The molecule has 138 valence electrons. The average Bonchev–Trinajstić information content (AvgIpc) is 3.08. The van der Waals surface area contributed by atoms with Crippen molar-refractivity contribution < 1.29 is 0 Å². The van der Waals surface area contributed by atoms with Crippen molar-refractivity contribution in [3.8, 4) is 11.8 Å². The molecule has 1 fully saturated rings. The van der Waals surface area contributed by atoms with Crippen LogP contribution in [-0.4, -0.2) is 18.5 Å². The van der Waals surface area contributed by atoms with Gasteiger partial charge in [0, 0.05) is 32.1 Å². The van der Waals surface area contributed by atoms with Crippen LogP contribution in [0.2, 0.25) is 0 Å². The molecule has 0 aromatic heterocycles. The molecule has 0 N–H and O–H groups in total. The minimum atomic E-state index is 0.522. The minimum Gasteiger partial charge on any atom is -0.374 e. The quantitative estimate of drug-likeness (QED) is 0.331. The first-order valence-electron chi connectivity index (χ1n) is 10.1. The van der Waals surface area contributed by atoms with E-state index < -0.39 is 0 Å². The summed E-state index contributed by atoms with van der Waals surface area (Å²) in [7, 11) is 2.16. The molecule has 0 heterocycles. The Morgan fingerprint density at radius 2 is 1.84 bits per heavy atom. The second-order valence-electron chi connectivity index (χ2n) is 8.44. The van der Waals surface area contributed by atoms with Gasteiger partial charge in [-0.15, -0.1) is 11.8 Å². The summed E-state index contributed by atoms with van der Waals surface area (Å²) in [6.45, 7) is 18.4. The lowest BCUT2D eigenvalue weighted by molar-refractivity contribution is 0.411. The summed E-state index contributed by atoms with van der Waals surface area (Å²) in [4.78, 5) is 2.30. The monoisotopic (exact) mass is 339 g/mol. The molecule has 1 nitrogen and oxygen atoms in total. The highest BCUT2D eigenvalue weighted by atomic mass is 15.1. The summed E-state index contributed by atoms with van der Waals surface area (Å²) in [5.74, 6) is 8.32. The van der Waals surface area contributed by atoms with Gasteiger partial charge in [0.2, 0.25) is 0 Å².